The van der Waals surface area contributed by atoms with E-state index in [1.54, 1.807) is 24.3 Å². The van der Waals surface area contributed by atoms with Crippen LogP contribution in [0.3, 0.4) is 0 Å². The Balaban J connectivity index is 1.80. The molecule has 0 radical (unpaired) electrons. The third kappa shape index (κ3) is 4.96. The van der Waals surface area contributed by atoms with Gasteiger partial charge in [0.1, 0.15) is 12.3 Å². The summed E-state index contributed by atoms with van der Waals surface area (Å²) < 4.78 is 5.07. The first-order chi connectivity index (χ1) is 10.5. The van der Waals surface area contributed by atoms with Crippen molar-refractivity contribution < 1.29 is 24.2 Å². The summed E-state index contributed by atoms with van der Waals surface area (Å²) in [6.07, 6.45) is 0. The van der Waals surface area contributed by atoms with E-state index in [9.17, 15) is 14.4 Å². The molecule has 22 heavy (non-hydrogen) atoms. The number of hydrogen-bond donors (Lipinski definition) is 2. The SMILES string of the molecule is O=C(O)COc1cccc(CNC(=O)CN2CSCC2=O)c1. The molecule has 1 aromatic rings. The number of amides is 2. The number of carbonyl (C=O) groups is 3. The molecule has 2 amide bonds. The number of carbonyl (C=O) groups excluding carboxylic acids is 2. The van der Waals surface area contributed by atoms with Crippen molar-refractivity contribution in [2.45, 2.75) is 6.54 Å². The number of ether oxygens (including phenoxy) is 1. The normalized spacial score (nSPS) is 14.0. The van der Waals surface area contributed by atoms with Gasteiger partial charge in [-0.2, -0.15) is 0 Å². The molecule has 2 N–H and O–H groups in total. The highest BCUT2D eigenvalue weighted by Crippen LogP contribution is 2.15. The number of nitrogens with zero attached hydrogens (tertiary/aromatic N) is 1. The molecule has 1 heterocycles. The molecule has 1 fully saturated rings. The van der Waals surface area contributed by atoms with Crippen molar-refractivity contribution in [2.24, 2.45) is 0 Å². The van der Waals surface area contributed by atoms with E-state index in [-0.39, 0.29) is 24.9 Å². The molecule has 1 aromatic carbocycles. The van der Waals surface area contributed by atoms with Crippen LogP contribution in [-0.2, 0) is 20.9 Å². The van der Waals surface area contributed by atoms with Crippen LogP contribution < -0.4 is 10.1 Å². The first-order valence-electron chi connectivity index (χ1n) is 6.60. The summed E-state index contributed by atoms with van der Waals surface area (Å²) >= 11 is 1.49. The minimum absolute atomic E-state index is 0.0239. The average molecular weight is 324 g/mol. The quantitative estimate of drug-likeness (QED) is 0.749. The first kappa shape index (κ1) is 16.2. The molecular weight excluding hydrogens is 308 g/mol. The highest BCUT2D eigenvalue weighted by molar-refractivity contribution is 8.00. The molecule has 1 aliphatic rings. The molecule has 0 aliphatic carbocycles. The van der Waals surface area contributed by atoms with E-state index in [1.807, 2.05) is 0 Å². The molecule has 0 saturated carbocycles. The van der Waals surface area contributed by atoms with Crippen molar-refractivity contribution in [2.75, 3.05) is 24.8 Å². The Kier molecular flexibility index (Phi) is 5.65. The number of rotatable bonds is 7. The third-order valence-corrected chi connectivity index (χ3v) is 3.86. The van der Waals surface area contributed by atoms with Gasteiger partial charge in [-0.15, -0.1) is 11.8 Å². The number of benzene rings is 1. The van der Waals surface area contributed by atoms with Gasteiger partial charge in [-0.25, -0.2) is 4.79 Å². The zero-order valence-corrected chi connectivity index (χ0v) is 12.6. The second-order valence-corrected chi connectivity index (χ2v) is 5.63. The van der Waals surface area contributed by atoms with Gasteiger partial charge in [0.05, 0.1) is 11.6 Å². The molecule has 0 spiro atoms. The molecule has 1 saturated heterocycles. The lowest BCUT2D eigenvalue weighted by Crippen LogP contribution is -2.37. The Bertz CT molecular complexity index is 578. The van der Waals surface area contributed by atoms with Crippen molar-refractivity contribution in [3.05, 3.63) is 29.8 Å². The predicted octanol–water partition coefficient (Wildman–Crippen LogP) is 0.299. The number of hydrogen-bond acceptors (Lipinski definition) is 5. The third-order valence-electron chi connectivity index (χ3n) is 2.91. The van der Waals surface area contributed by atoms with Crippen molar-refractivity contribution in [3.63, 3.8) is 0 Å². The van der Waals surface area contributed by atoms with Crippen molar-refractivity contribution in [1.29, 1.82) is 0 Å². The largest absolute Gasteiger partial charge is 0.482 e. The minimum Gasteiger partial charge on any atom is -0.482 e. The summed E-state index contributed by atoms with van der Waals surface area (Å²) in [6.45, 7) is -0.0656. The first-order valence-corrected chi connectivity index (χ1v) is 7.76. The molecule has 7 nitrogen and oxygen atoms in total. The minimum atomic E-state index is -1.05. The summed E-state index contributed by atoms with van der Waals surface area (Å²) in [5.74, 6) is 0.102. The fourth-order valence-corrected chi connectivity index (χ4v) is 2.76. The topological polar surface area (TPSA) is 95.9 Å². The predicted molar refractivity (Wildman–Crippen MR) is 80.5 cm³/mol. The Labute approximate surface area is 131 Å². The molecule has 0 unspecified atom stereocenters. The van der Waals surface area contributed by atoms with Crippen LogP contribution >= 0.6 is 11.8 Å². The van der Waals surface area contributed by atoms with Crippen LogP contribution in [0.15, 0.2) is 24.3 Å². The average Bonchev–Trinajstić information content (AvgIpc) is 2.89. The van der Waals surface area contributed by atoms with Crippen LogP contribution in [0.4, 0.5) is 0 Å². The Morgan fingerprint density at radius 2 is 2.23 bits per heavy atom. The summed E-state index contributed by atoms with van der Waals surface area (Å²) in [5, 5.41) is 11.3. The standard InChI is InChI=1S/C14H16N2O5S/c17-12(6-16-9-22-8-13(16)18)15-5-10-2-1-3-11(4-10)21-7-14(19)20/h1-4H,5-9H2,(H,15,17)(H,19,20). The molecule has 118 valence electrons. The van der Waals surface area contributed by atoms with Crippen LogP contribution in [0.1, 0.15) is 5.56 Å². The number of nitrogens with one attached hydrogen (secondary N) is 1. The van der Waals surface area contributed by atoms with Gasteiger partial charge >= 0.3 is 5.97 Å². The second-order valence-electron chi connectivity index (χ2n) is 4.68. The lowest BCUT2D eigenvalue weighted by molar-refractivity contribution is -0.139. The van der Waals surface area contributed by atoms with Crippen LogP contribution in [0, 0.1) is 0 Å². The monoisotopic (exact) mass is 324 g/mol. The highest BCUT2D eigenvalue weighted by atomic mass is 32.2. The zero-order valence-electron chi connectivity index (χ0n) is 11.8. The van der Waals surface area contributed by atoms with Gasteiger partial charge in [-0.3, -0.25) is 9.59 Å². The van der Waals surface area contributed by atoms with Crippen LogP contribution in [0.2, 0.25) is 0 Å². The van der Waals surface area contributed by atoms with Crippen molar-refractivity contribution >= 4 is 29.5 Å². The van der Waals surface area contributed by atoms with Gasteiger partial charge in [0.2, 0.25) is 11.8 Å². The van der Waals surface area contributed by atoms with Gasteiger partial charge < -0.3 is 20.1 Å². The van der Waals surface area contributed by atoms with Gasteiger partial charge in [0.15, 0.2) is 6.61 Å². The summed E-state index contributed by atoms with van der Waals surface area (Å²) in [4.78, 5) is 35.2. The van der Waals surface area contributed by atoms with Gasteiger partial charge in [0, 0.05) is 6.54 Å². The van der Waals surface area contributed by atoms with E-state index >= 15 is 0 Å². The fourth-order valence-electron chi connectivity index (χ4n) is 1.86. The van der Waals surface area contributed by atoms with E-state index in [2.05, 4.69) is 5.32 Å². The molecule has 1 aliphatic heterocycles. The van der Waals surface area contributed by atoms with Crippen LogP contribution in [0.25, 0.3) is 0 Å². The van der Waals surface area contributed by atoms with Crippen LogP contribution in [-0.4, -0.2) is 52.6 Å². The molecule has 8 heteroatoms. The number of thioether (sulfide) groups is 1. The lowest BCUT2D eigenvalue weighted by atomic mass is 10.2. The van der Waals surface area contributed by atoms with Gasteiger partial charge in [0.25, 0.3) is 0 Å². The van der Waals surface area contributed by atoms with Crippen molar-refractivity contribution in [3.8, 4) is 5.75 Å². The van der Waals surface area contributed by atoms with E-state index in [0.717, 1.165) is 5.56 Å². The van der Waals surface area contributed by atoms with E-state index < -0.39 is 12.6 Å². The Hall–Kier alpha value is -2.22. The second kappa shape index (κ2) is 7.69. The number of carboxylic acids is 1. The molecular formula is C14H16N2O5S. The Morgan fingerprint density at radius 3 is 2.91 bits per heavy atom. The van der Waals surface area contributed by atoms with E-state index in [4.69, 9.17) is 9.84 Å². The van der Waals surface area contributed by atoms with E-state index in [1.165, 1.54) is 16.7 Å². The van der Waals surface area contributed by atoms with Gasteiger partial charge in [-0.05, 0) is 17.7 Å². The number of carboxylic acid groups (broad SMARTS) is 1. The maximum atomic E-state index is 11.8. The lowest BCUT2D eigenvalue weighted by Gasteiger charge is -2.14. The number of aliphatic carboxylic acids is 1. The van der Waals surface area contributed by atoms with E-state index in [0.29, 0.717) is 17.4 Å². The summed E-state index contributed by atoms with van der Waals surface area (Å²) in [7, 11) is 0. The molecule has 0 atom stereocenters. The smallest absolute Gasteiger partial charge is 0.341 e. The zero-order chi connectivity index (χ0) is 15.9. The van der Waals surface area contributed by atoms with Crippen LogP contribution in [0.5, 0.6) is 5.75 Å². The fraction of sp³-hybridized carbons (Fsp3) is 0.357. The Morgan fingerprint density at radius 1 is 1.41 bits per heavy atom. The molecule has 0 aromatic heterocycles. The van der Waals surface area contributed by atoms with Gasteiger partial charge in [-0.1, -0.05) is 12.1 Å². The molecule has 0 bridgehead atoms. The highest BCUT2D eigenvalue weighted by Gasteiger charge is 2.22. The summed E-state index contributed by atoms with van der Waals surface area (Å²) in [5.41, 5.74) is 0.790. The van der Waals surface area contributed by atoms with Crippen molar-refractivity contribution in [1.82, 2.24) is 10.2 Å². The summed E-state index contributed by atoms with van der Waals surface area (Å²) in [6, 6.07) is 6.83. The maximum absolute atomic E-state index is 11.8. The maximum Gasteiger partial charge on any atom is 0.341 e. The molecule has 2 rings (SSSR count).